The summed E-state index contributed by atoms with van der Waals surface area (Å²) in [4.78, 5) is 9.93. The number of nitrogens with two attached hydrogens (primary N) is 1. The van der Waals surface area contributed by atoms with Gasteiger partial charge in [-0.3, -0.25) is 10.1 Å². The molecule has 4 nitrogen and oxygen atoms in total. The first-order valence-corrected chi connectivity index (χ1v) is 4.69. The summed E-state index contributed by atoms with van der Waals surface area (Å²) in [5.74, 6) is -0.416. The third kappa shape index (κ3) is 3.28. The van der Waals surface area contributed by atoms with Crippen molar-refractivity contribution in [1.82, 2.24) is 0 Å². The van der Waals surface area contributed by atoms with Gasteiger partial charge in [0, 0.05) is 18.2 Å². The number of non-ortho nitro benzene ring substituents is 1. The van der Waals surface area contributed by atoms with Crippen molar-refractivity contribution in [2.45, 2.75) is 25.8 Å². The summed E-state index contributed by atoms with van der Waals surface area (Å²) in [5.41, 5.74) is 5.79. The van der Waals surface area contributed by atoms with Crippen molar-refractivity contribution in [3.05, 3.63) is 39.7 Å². The van der Waals surface area contributed by atoms with E-state index in [1.807, 2.05) is 6.92 Å². The first-order chi connectivity index (χ1) is 7.00. The summed E-state index contributed by atoms with van der Waals surface area (Å²) < 4.78 is 13.2. The van der Waals surface area contributed by atoms with Crippen LogP contribution in [0, 0.1) is 15.9 Å². The normalized spacial score (nSPS) is 12.5. The van der Waals surface area contributed by atoms with E-state index < -0.39 is 10.7 Å². The zero-order valence-electron chi connectivity index (χ0n) is 8.44. The maximum atomic E-state index is 13.2. The number of nitrogens with zero attached hydrogens (tertiary/aromatic N) is 1. The number of hydrogen-bond acceptors (Lipinski definition) is 3. The highest BCUT2D eigenvalue weighted by molar-refractivity contribution is 5.35. The van der Waals surface area contributed by atoms with Crippen LogP contribution in [0.1, 0.15) is 18.9 Å². The molecular weight excluding hydrogens is 199 g/mol. The molecule has 0 saturated carbocycles. The van der Waals surface area contributed by atoms with E-state index in [1.54, 1.807) is 0 Å². The van der Waals surface area contributed by atoms with Crippen LogP contribution in [-0.2, 0) is 6.42 Å². The lowest BCUT2D eigenvalue weighted by molar-refractivity contribution is -0.385. The quantitative estimate of drug-likeness (QED) is 0.613. The van der Waals surface area contributed by atoms with Crippen LogP contribution in [0.3, 0.4) is 0 Å². The van der Waals surface area contributed by atoms with E-state index >= 15 is 0 Å². The lowest BCUT2D eigenvalue weighted by atomic mass is 10.1. The van der Waals surface area contributed by atoms with Crippen LogP contribution in [0.4, 0.5) is 10.1 Å². The van der Waals surface area contributed by atoms with Gasteiger partial charge in [0.1, 0.15) is 5.82 Å². The minimum Gasteiger partial charge on any atom is -0.328 e. The highest BCUT2D eigenvalue weighted by Gasteiger charge is 2.10. The molecule has 0 aliphatic heterocycles. The maximum Gasteiger partial charge on any atom is 0.269 e. The van der Waals surface area contributed by atoms with Crippen LogP contribution in [0.2, 0.25) is 0 Å². The van der Waals surface area contributed by atoms with Crippen molar-refractivity contribution in [2.24, 2.45) is 5.73 Å². The third-order valence-electron chi connectivity index (χ3n) is 2.11. The SMILES string of the molecule is C[C@H](N)CCc1cc([N+](=O)[O-])ccc1F. The molecule has 0 aromatic heterocycles. The summed E-state index contributed by atoms with van der Waals surface area (Å²) in [6.45, 7) is 1.81. The van der Waals surface area contributed by atoms with E-state index in [4.69, 9.17) is 5.73 Å². The van der Waals surface area contributed by atoms with Gasteiger partial charge >= 0.3 is 0 Å². The topological polar surface area (TPSA) is 69.2 Å². The van der Waals surface area contributed by atoms with Gasteiger partial charge in [-0.1, -0.05) is 0 Å². The smallest absolute Gasteiger partial charge is 0.269 e. The molecule has 0 spiro atoms. The predicted octanol–water partition coefficient (Wildman–Crippen LogP) is 2.01. The standard InChI is InChI=1S/C10H13FN2O2/c1-7(12)2-3-8-6-9(13(14)15)4-5-10(8)11/h4-7H,2-3,12H2,1H3/t7-/m0/s1. The molecule has 15 heavy (non-hydrogen) atoms. The Balaban J connectivity index is 2.85. The van der Waals surface area contributed by atoms with Crippen LogP contribution in [0.25, 0.3) is 0 Å². The van der Waals surface area contributed by atoms with Crippen LogP contribution >= 0.6 is 0 Å². The number of aryl methyl sites for hydroxylation is 1. The molecule has 0 bridgehead atoms. The molecule has 1 rings (SSSR count). The Morgan fingerprint density at radius 2 is 2.27 bits per heavy atom. The highest BCUT2D eigenvalue weighted by Crippen LogP contribution is 2.18. The van der Waals surface area contributed by atoms with E-state index in [-0.39, 0.29) is 11.7 Å². The second kappa shape index (κ2) is 4.84. The van der Waals surface area contributed by atoms with Gasteiger partial charge in [-0.25, -0.2) is 4.39 Å². The molecule has 0 saturated heterocycles. The van der Waals surface area contributed by atoms with Gasteiger partial charge in [0.05, 0.1) is 4.92 Å². The van der Waals surface area contributed by atoms with Crippen molar-refractivity contribution in [2.75, 3.05) is 0 Å². The van der Waals surface area contributed by atoms with E-state index in [9.17, 15) is 14.5 Å². The molecular formula is C10H13FN2O2. The second-order valence-corrected chi connectivity index (χ2v) is 3.55. The highest BCUT2D eigenvalue weighted by atomic mass is 19.1. The number of benzene rings is 1. The molecule has 0 heterocycles. The first kappa shape index (κ1) is 11.6. The van der Waals surface area contributed by atoms with Crippen molar-refractivity contribution < 1.29 is 9.31 Å². The van der Waals surface area contributed by atoms with Gasteiger partial charge in [0.2, 0.25) is 0 Å². The lowest BCUT2D eigenvalue weighted by Crippen LogP contribution is -2.15. The Morgan fingerprint density at radius 3 is 2.80 bits per heavy atom. The summed E-state index contributed by atoms with van der Waals surface area (Å²) >= 11 is 0. The summed E-state index contributed by atoms with van der Waals surface area (Å²) in [7, 11) is 0. The zero-order chi connectivity index (χ0) is 11.4. The molecule has 0 aliphatic rings. The molecule has 0 fully saturated rings. The molecule has 82 valence electrons. The van der Waals surface area contributed by atoms with Crippen LogP contribution in [-0.4, -0.2) is 11.0 Å². The van der Waals surface area contributed by atoms with Crippen molar-refractivity contribution >= 4 is 5.69 Å². The molecule has 1 aromatic rings. The lowest BCUT2D eigenvalue weighted by Gasteiger charge is -2.05. The number of nitro benzene ring substituents is 1. The maximum absolute atomic E-state index is 13.2. The average molecular weight is 212 g/mol. The van der Waals surface area contributed by atoms with Gasteiger partial charge in [-0.15, -0.1) is 0 Å². The molecule has 0 unspecified atom stereocenters. The molecule has 5 heteroatoms. The fourth-order valence-corrected chi connectivity index (χ4v) is 1.25. The Bertz CT molecular complexity index is 366. The monoisotopic (exact) mass is 212 g/mol. The van der Waals surface area contributed by atoms with E-state index in [2.05, 4.69) is 0 Å². The largest absolute Gasteiger partial charge is 0.328 e. The Morgan fingerprint density at radius 1 is 1.60 bits per heavy atom. The molecule has 1 aromatic carbocycles. The van der Waals surface area contributed by atoms with E-state index in [1.165, 1.54) is 6.07 Å². The fraction of sp³-hybridized carbons (Fsp3) is 0.400. The summed E-state index contributed by atoms with van der Waals surface area (Å²) in [6, 6.07) is 3.50. The number of halogens is 1. The number of hydrogen-bond donors (Lipinski definition) is 1. The van der Waals surface area contributed by atoms with Crippen molar-refractivity contribution in [3.63, 3.8) is 0 Å². The average Bonchev–Trinajstić information content (AvgIpc) is 2.16. The van der Waals surface area contributed by atoms with Crippen LogP contribution < -0.4 is 5.73 Å². The Kier molecular flexibility index (Phi) is 3.74. The molecule has 0 aliphatic carbocycles. The van der Waals surface area contributed by atoms with Crippen molar-refractivity contribution in [3.8, 4) is 0 Å². The molecule has 2 N–H and O–H groups in total. The predicted molar refractivity (Wildman–Crippen MR) is 55.0 cm³/mol. The molecule has 0 radical (unpaired) electrons. The van der Waals surface area contributed by atoms with Crippen LogP contribution in [0.15, 0.2) is 18.2 Å². The summed E-state index contributed by atoms with van der Waals surface area (Å²) in [6.07, 6.45) is 1.03. The van der Waals surface area contributed by atoms with Gasteiger partial charge < -0.3 is 5.73 Å². The van der Waals surface area contributed by atoms with Crippen LogP contribution in [0.5, 0.6) is 0 Å². The van der Waals surface area contributed by atoms with E-state index in [0.29, 0.717) is 18.4 Å². The van der Waals surface area contributed by atoms with Crippen molar-refractivity contribution in [1.29, 1.82) is 0 Å². The Labute approximate surface area is 87.0 Å². The Hall–Kier alpha value is -1.49. The number of nitro groups is 1. The van der Waals surface area contributed by atoms with Gasteiger partial charge in [0.25, 0.3) is 5.69 Å². The zero-order valence-corrected chi connectivity index (χ0v) is 8.44. The van der Waals surface area contributed by atoms with E-state index in [0.717, 1.165) is 12.1 Å². The third-order valence-corrected chi connectivity index (χ3v) is 2.11. The molecule has 1 atom stereocenters. The number of rotatable bonds is 4. The molecule has 0 amide bonds. The first-order valence-electron chi connectivity index (χ1n) is 4.69. The summed E-state index contributed by atoms with van der Waals surface area (Å²) in [5, 5.41) is 10.5. The van der Waals surface area contributed by atoms with Gasteiger partial charge in [-0.2, -0.15) is 0 Å². The fourth-order valence-electron chi connectivity index (χ4n) is 1.25. The van der Waals surface area contributed by atoms with Gasteiger partial charge in [-0.05, 0) is 31.4 Å². The minimum absolute atomic E-state index is 0.0383. The minimum atomic E-state index is -0.533. The van der Waals surface area contributed by atoms with Gasteiger partial charge in [0.15, 0.2) is 0 Å². The second-order valence-electron chi connectivity index (χ2n) is 3.55.